The fourth-order valence-electron chi connectivity index (χ4n) is 1.96. The molecule has 0 saturated carbocycles. The predicted molar refractivity (Wildman–Crippen MR) is 76.6 cm³/mol. The van der Waals surface area contributed by atoms with Crippen molar-refractivity contribution in [2.75, 3.05) is 23.8 Å². The van der Waals surface area contributed by atoms with E-state index in [9.17, 15) is 0 Å². The van der Waals surface area contributed by atoms with Gasteiger partial charge in [0.15, 0.2) is 0 Å². The lowest BCUT2D eigenvalue weighted by atomic mass is 10.3. The van der Waals surface area contributed by atoms with E-state index in [0.29, 0.717) is 5.95 Å². The molecular weight excluding hydrogens is 238 g/mol. The maximum Gasteiger partial charge on any atom is 0.351 e. The minimum absolute atomic E-state index is 0.716. The average molecular weight is 258 g/mol. The SMILES string of the molecule is CCN(c1ccccc1)c1nc(C)[n+](C)c(NC)n1. The number of rotatable bonds is 4. The van der Waals surface area contributed by atoms with Crippen LogP contribution >= 0.6 is 0 Å². The lowest BCUT2D eigenvalue weighted by molar-refractivity contribution is -0.669. The lowest BCUT2D eigenvalue weighted by Crippen LogP contribution is -2.39. The summed E-state index contributed by atoms with van der Waals surface area (Å²) >= 11 is 0. The summed E-state index contributed by atoms with van der Waals surface area (Å²) in [5, 5.41) is 3.09. The molecule has 0 radical (unpaired) electrons. The highest BCUT2D eigenvalue weighted by Crippen LogP contribution is 2.21. The van der Waals surface area contributed by atoms with Crippen molar-refractivity contribution in [3.8, 4) is 0 Å². The minimum atomic E-state index is 0.716. The summed E-state index contributed by atoms with van der Waals surface area (Å²) in [6.07, 6.45) is 0. The molecule has 0 atom stereocenters. The summed E-state index contributed by atoms with van der Waals surface area (Å²) in [6, 6.07) is 10.2. The Kier molecular flexibility index (Phi) is 3.94. The van der Waals surface area contributed by atoms with E-state index in [1.54, 1.807) is 0 Å². The Labute approximate surface area is 113 Å². The molecule has 19 heavy (non-hydrogen) atoms. The molecule has 2 rings (SSSR count). The Bertz CT molecular complexity index is 553. The molecule has 1 N–H and O–H groups in total. The zero-order valence-electron chi connectivity index (χ0n) is 11.9. The smallest absolute Gasteiger partial charge is 0.297 e. The van der Waals surface area contributed by atoms with E-state index < -0.39 is 0 Å². The lowest BCUT2D eigenvalue weighted by Gasteiger charge is -2.18. The topological polar surface area (TPSA) is 44.9 Å². The van der Waals surface area contributed by atoms with Crippen molar-refractivity contribution in [2.24, 2.45) is 7.05 Å². The third-order valence-electron chi connectivity index (χ3n) is 3.12. The molecule has 0 amide bonds. The van der Waals surface area contributed by atoms with Crippen LogP contribution in [0.25, 0.3) is 0 Å². The molecule has 100 valence electrons. The van der Waals surface area contributed by atoms with Gasteiger partial charge >= 0.3 is 11.9 Å². The average Bonchev–Trinajstić information content (AvgIpc) is 2.44. The number of aryl methyl sites for hydroxylation is 1. The van der Waals surface area contributed by atoms with Gasteiger partial charge in [0.25, 0.3) is 0 Å². The fourth-order valence-corrected chi connectivity index (χ4v) is 1.96. The highest BCUT2D eigenvalue weighted by atomic mass is 15.3. The first-order chi connectivity index (χ1) is 9.17. The third-order valence-corrected chi connectivity index (χ3v) is 3.12. The fraction of sp³-hybridized carbons (Fsp3) is 0.357. The monoisotopic (exact) mass is 258 g/mol. The second-order valence-electron chi connectivity index (χ2n) is 4.28. The van der Waals surface area contributed by atoms with Crippen LogP contribution in [0.4, 0.5) is 17.6 Å². The molecule has 0 saturated heterocycles. The molecule has 2 aromatic rings. The maximum atomic E-state index is 4.57. The van der Waals surface area contributed by atoms with Crippen LogP contribution in [0.1, 0.15) is 12.7 Å². The van der Waals surface area contributed by atoms with Gasteiger partial charge < -0.3 is 0 Å². The molecule has 0 aliphatic heterocycles. The van der Waals surface area contributed by atoms with Gasteiger partial charge in [-0.25, -0.2) is 4.57 Å². The number of benzene rings is 1. The summed E-state index contributed by atoms with van der Waals surface area (Å²) in [7, 11) is 3.81. The molecule has 0 fully saturated rings. The zero-order valence-corrected chi connectivity index (χ0v) is 11.9. The summed E-state index contributed by atoms with van der Waals surface area (Å²) in [4.78, 5) is 11.2. The van der Waals surface area contributed by atoms with Gasteiger partial charge in [-0.15, -0.1) is 0 Å². The zero-order chi connectivity index (χ0) is 13.8. The number of nitrogens with one attached hydrogen (secondary N) is 1. The Morgan fingerprint density at radius 2 is 1.89 bits per heavy atom. The molecule has 0 aliphatic rings. The van der Waals surface area contributed by atoms with Crippen molar-refractivity contribution in [3.63, 3.8) is 0 Å². The second kappa shape index (κ2) is 5.65. The van der Waals surface area contributed by atoms with Gasteiger partial charge in [0, 0.05) is 26.2 Å². The normalized spacial score (nSPS) is 10.3. The quantitative estimate of drug-likeness (QED) is 0.850. The Balaban J connectivity index is 2.47. The number of nitrogens with zero attached hydrogens (tertiary/aromatic N) is 4. The van der Waals surface area contributed by atoms with Gasteiger partial charge in [0.1, 0.15) is 0 Å². The standard InChI is InChI=1S/C14H19N5/c1-5-19(12-9-7-6-8-10-12)14-16-11(2)18(4)13(15-3)17-14/h6-10H,5H2,1-4H3/p+1. The van der Waals surface area contributed by atoms with Crippen molar-refractivity contribution in [1.82, 2.24) is 9.97 Å². The van der Waals surface area contributed by atoms with Gasteiger partial charge in [-0.3, -0.25) is 10.2 Å². The highest BCUT2D eigenvalue weighted by molar-refractivity contribution is 5.57. The van der Waals surface area contributed by atoms with Crippen molar-refractivity contribution < 1.29 is 4.57 Å². The molecular formula is C14H20N5+. The molecule has 1 heterocycles. The molecule has 0 unspecified atom stereocenters. The Hall–Kier alpha value is -2.17. The maximum absolute atomic E-state index is 4.57. The number of anilines is 3. The molecule has 1 aromatic carbocycles. The van der Waals surface area contributed by atoms with Crippen molar-refractivity contribution in [1.29, 1.82) is 0 Å². The van der Waals surface area contributed by atoms with Crippen LogP contribution in [0, 0.1) is 6.92 Å². The molecule has 0 aliphatic carbocycles. The van der Waals surface area contributed by atoms with Gasteiger partial charge in [0.2, 0.25) is 5.82 Å². The van der Waals surface area contributed by atoms with Crippen LogP contribution in [0.15, 0.2) is 30.3 Å². The van der Waals surface area contributed by atoms with E-state index in [1.165, 1.54) is 0 Å². The Morgan fingerprint density at radius 1 is 1.21 bits per heavy atom. The van der Waals surface area contributed by atoms with Gasteiger partial charge in [-0.1, -0.05) is 28.2 Å². The van der Waals surface area contributed by atoms with Crippen LogP contribution in [0.5, 0.6) is 0 Å². The summed E-state index contributed by atoms with van der Waals surface area (Å²) in [6.45, 7) is 4.89. The second-order valence-corrected chi connectivity index (χ2v) is 4.28. The van der Waals surface area contributed by atoms with Crippen LogP contribution in [-0.2, 0) is 7.05 Å². The van der Waals surface area contributed by atoms with E-state index >= 15 is 0 Å². The van der Waals surface area contributed by atoms with Crippen LogP contribution < -0.4 is 14.8 Å². The first-order valence-corrected chi connectivity index (χ1v) is 6.42. The number of aromatic nitrogens is 3. The minimum Gasteiger partial charge on any atom is -0.297 e. The van der Waals surface area contributed by atoms with E-state index in [-0.39, 0.29) is 0 Å². The Morgan fingerprint density at radius 3 is 2.47 bits per heavy atom. The van der Waals surface area contributed by atoms with Crippen LogP contribution in [0.3, 0.4) is 0 Å². The summed E-state index contributed by atoms with van der Waals surface area (Å²) in [5.74, 6) is 2.44. The molecule has 1 aromatic heterocycles. The van der Waals surface area contributed by atoms with E-state index in [2.05, 4.69) is 39.2 Å². The summed E-state index contributed by atoms with van der Waals surface area (Å²) in [5.41, 5.74) is 1.10. The number of hydrogen-bond donors (Lipinski definition) is 1. The van der Waals surface area contributed by atoms with Crippen molar-refractivity contribution >= 4 is 17.6 Å². The largest absolute Gasteiger partial charge is 0.351 e. The van der Waals surface area contributed by atoms with Crippen LogP contribution in [0.2, 0.25) is 0 Å². The van der Waals surface area contributed by atoms with E-state index in [1.807, 2.05) is 43.8 Å². The number of hydrogen-bond acceptors (Lipinski definition) is 4. The molecule has 0 spiro atoms. The van der Waals surface area contributed by atoms with Gasteiger partial charge in [-0.2, -0.15) is 0 Å². The number of para-hydroxylation sites is 1. The van der Waals surface area contributed by atoms with E-state index in [0.717, 1.165) is 24.0 Å². The van der Waals surface area contributed by atoms with Crippen molar-refractivity contribution in [2.45, 2.75) is 13.8 Å². The van der Waals surface area contributed by atoms with E-state index in [4.69, 9.17) is 0 Å². The molecule has 5 nitrogen and oxygen atoms in total. The highest BCUT2D eigenvalue weighted by Gasteiger charge is 2.20. The van der Waals surface area contributed by atoms with Crippen molar-refractivity contribution in [3.05, 3.63) is 36.2 Å². The first kappa shape index (κ1) is 13.3. The molecule has 5 heteroatoms. The predicted octanol–water partition coefficient (Wildman–Crippen LogP) is 1.81. The first-order valence-electron chi connectivity index (χ1n) is 6.42. The molecule has 0 bridgehead atoms. The summed E-state index contributed by atoms with van der Waals surface area (Å²) < 4.78 is 1.93. The van der Waals surface area contributed by atoms with Crippen LogP contribution in [-0.4, -0.2) is 23.6 Å². The van der Waals surface area contributed by atoms with Gasteiger partial charge in [0.05, 0.1) is 7.05 Å². The van der Waals surface area contributed by atoms with Gasteiger partial charge in [-0.05, 0) is 19.1 Å². The third kappa shape index (κ3) is 2.65.